The summed E-state index contributed by atoms with van der Waals surface area (Å²) >= 11 is 0. The van der Waals surface area contributed by atoms with Crippen molar-refractivity contribution in [1.29, 1.82) is 0 Å². The Morgan fingerprint density at radius 1 is 0.929 bits per heavy atom. The van der Waals surface area contributed by atoms with Crippen LogP contribution in [0.25, 0.3) is 0 Å². The molecule has 6 nitrogen and oxygen atoms in total. The first-order chi connectivity index (χ1) is 13.6. The van der Waals surface area contributed by atoms with E-state index >= 15 is 0 Å². The third kappa shape index (κ3) is 4.13. The molecule has 1 aromatic carbocycles. The van der Waals surface area contributed by atoms with Crippen LogP contribution in [-0.2, 0) is 0 Å². The molecule has 152 valence electrons. The average Bonchev–Trinajstić information content (AvgIpc) is 3.21. The highest BCUT2D eigenvalue weighted by Gasteiger charge is 2.33. The molecule has 4 rings (SSSR count). The van der Waals surface area contributed by atoms with Gasteiger partial charge < -0.3 is 0 Å². The van der Waals surface area contributed by atoms with Crippen LogP contribution in [-0.4, -0.2) is 62.2 Å². The third-order valence-corrected chi connectivity index (χ3v) is 6.45. The van der Waals surface area contributed by atoms with Crippen LogP contribution in [0.5, 0.6) is 0 Å². The number of nitrogens with zero attached hydrogens (tertiary/aromatic N) is 6. The Bertz CT molecular complexity index is 739. The molecule has 1 saturated carbocycles. The van der Waals surface area contributed by atoms with Crippen molar-refractivity contribution in [3.8, 4) is 0 Å². The van der Waals surface area contributed by atoms with E-state index in [0.717, 1.165) is 38.0 Å². The van der Waals surface area contributed by atoms with Gasteiger partial charge in [0.2, 0.25) is 0 Å². The van der Waals surface area contributed by atoms with Gasteiger partial charge >= 0.3 is 0 Å². The van der Waals surface area contributed by atoms with Crippen LogP contribution in [0.1, 0.15) is 75.0 Å². The van der Waals surface area contributed by atoms with Crippen molar-refractivity contribution in [3.05, 3.63) is 41.2 Å². The summed E-state index contributed by atoms with van der Waals surface area (Å²) in [5.74, 6) is 0.963. The first-order valence-corrected chi connectivity index (χ1v) is 11.0. The number of hydrogen-bond donors (Lipinski definition) is 0. The Kier molecular flexibility index (Phi) is 6.07. The quantitative estimate of drug-likeness (QED) is 0.791. The Morgan fingerprint density at radius 2 is 1.61 bits per heavy atom. The van der Waals surface area contributed by atoms with Crippen LogP contribution >= 0.6 is 0 Å². The van der Waals surface area contributed by atoms with Gasteiger partial charge in [-0.05, 0) is 49.6 Å². The predicted molar refractivity (Wildman–Crippen MR) is 111 cm³/mol. The molecule has 6 heteroatoms. The summed E-state index contributed by atoms with van der Waals surface area (Å²) in [6.07, 6.45) is 6.99. The zero-order valence-corrected chi connectivity index (χ0v) is 17.6. The van der Waals surface area contributed by atoms with Gasteiger partial charge in [-0.25, -0.2) is 4.68 Å². The molecule has 2 fully saturated rings. The molecule has 28 heavy (non-hydrogen) atoms. The van der Waals surface area contributed by atoms with Crippen molar-refractivity contribution >= 4 is 0 Å². The van der Waals surface area contributed by atoms with Crippen LogP contribution < -0.4 is 0 Å². The second kappa shape index (κ2) is 8.70. The van der Waals surface area contributed by atoms with E-state index in [1.165, 1.54) is 43.2 Å². The van der Waals surface area contributed by atoms with Gasteiger partial charge in [-0.1, -0.05) is 49.1 Å². The van der Waals surface area contributed by atoms with Gasteiger partial charge in [-0.3, -0.25) is 9.80 Å². The van der Waals surface area contributed by atoms with Gasteiger partial charge in [0.05, 0.1) is 12.1 Å². The van der Waals surface area contributed by atoms with E-state index in [1.54, 1.807) is 0 Å². The minimum absolute atomic E-state index is 0.117. The fourth-order valence-corrected chi connectivity index (χ4v) is 4.83. The van der Waals surface area contributed by atoms with Gasteiger partial charge in [0.25, 0.3) is 0 Å². The molecule has 1 saturated heterocycles. The van der Waals surface area contributed by atoms with Crippen molar-refractivity contribution in [2.45, 2.75) is 71.0 Å². The van der Waals surface area contributed by atoms with E-state index in [2.05, 4.69) is 70.4 Å². The van der Waals surface area contributed by atoms with E-state index in [-0.39, 0.29) is 12.1 Å². The Morgan fingerprint density at radius 3 is 2.25 bits per heavy atom. The minimum Gasteiger partial charge on any atom is -0.298 e. The molecule has 1 atom stereocenters. The lowest BCUT2D eigenvalue weighted by molar-refractivity contribution is 0.0617. The smallest absolute Gasteiger partial charge is 0.173 e. The molecule has 1 aromatic heterocycles. The van der Waals surface area contributed by atoms with Crippen molar-refractivity contribution in [3.63, 3.8) is 0 Å². The van der Waals surface area contributed by atoms with Gasteiger partial charge in [0.15, 0.2) is 5.82 Å². The number of piperazine rings is 1. The standard InChI is InChI=1S/C22H34N6/c1-17(2)28-22(23-24-25-28)21(19-11-9-18(3)10-12-19)27-15-13-26(14-16-27)20-7-5-4-6-8-20/h9-12,17,20-21H,4-8,13-16H2,1-3H3. The van der Waals surface area contributed by atoms with Crippen molar-refractivity contribution in [2.24, 2.45) is 0 Å². The van der Waals surface area contributed by atoms with Crippen LogP contribution in [0.15, 0.2) is 24.3 Å². The zero-order valence-electron chi connectivity index (χ0n) is 17.6. The summed E-state index contributed by atoms with van der Waals surface area (Å²) in [5, 5.41) is 12.8. The third-order valence-electron chi connectivity index (χ3n) is 6.45. The second-order valence-corrected chi connectivity index (χ2v) is 8.75. The van der Waals surface area contributed by atoms with E-state index in [9.17, 15) is 0 Å². The van der Waals surface area contributed by atoms with E-state index in [4.69, 9.17) is 0 Å². The molecule has 0 bridgehead atoms. The Balaban J connectivity index is 1.56. The van der Waals surface area contributed by atoms with Gasteiger partial charge in [-0.15, -0.1) is 5.10 Å². The summed E-state index contributed by atoms with van der Waals surface area (Å²) < 4.78 is 1.98. The number of rotatable bonds is 5. The van der Waals surface area contributed by atoms with E-state index in [0.29, 0.717) is 0 Å². The van der Waals surface area contributed by atoms with Crippen LogP contribution in [0.2, 0.25) is 0 Å². The molecule has 0 spiro atoms. The fourth-order valence-electron chi connectivity index (χ4n) is 4.83. The van der Waals surface area contributed by atoms with Crippen LogP contribution in [0, 0.1) is 6.92 Å². The molecular weight excluding hydrogens is 348 g/mol. The molecule has 0 N–H and O–H groups in total. The minimum atomic E-state index is 0.117. The first-order valence-electron chi connectivity index (χ1n) is 11.0. The number of aromatic nitrogens is 4. The number of benzene rings is 1. The molecule has 2 aliphatic rings. The van der Waals surface area contributed by atoms with E-state index < -0.39 is 0 Å². The first kappa shape index (κ1) is 19.5. The maximum absolute atomic E-state index is 4.47. The highest BCUT2D eigenvalue weighted by molar-refractivity contribution is 5.28. The molecule has 1 aliphatic heterocycles. The summed E-state index contributed by atoms with van der Waals surface area (Å²) in [6, 6.07) is 10.1. The lowest BCUT2D eigenvalue weighted by Gasteiger charge is -2.43. The monoisotopic (exact) mass is 382 g/mol. The molecule has 1 aliphatic carbocycles. The summed E-state index contributed by atoms with van der Waals surface area (Å²) in [6.45, 7) is 10.9. The largest absolute Gasteiger partial charge is 0.298 e. The average molecular weight is 383 g/mol. The van der Waals surface area contributed by atoms with E-state index in [1.807, 2.05) is 4.68 Å². The molecule has 2 heterocycles. The SMILES string of the molecule is Cc1ccc(C(c2nnnn2C(C)C)N2CCN(C3CCCCC3)CC2)cc1. The second-order valence-electron chi connectivity index (χ2n) is 8.75. The molecule has 2 aromatic rings. The van der Waals surface area contributed by atoms with Crippen LogP contribution in [0.4, 0.5) is 0 Å². The predicted octanol–water partition coefficient (Wildman–Crippen LogP) is 3.60. The maximum atomic E-state index is 4.47. The number of hydrogen-bond acceptors (Lipinski definition) is 5. The van der Waals surface area contributed by atoms with Crippen molar-refractivity contribution in [2.75, 3.05) is 26.2 Å². The highest BCUT2D eigenvalue weighted by Crippen LogP contribution is 2.31. The molecule has 0 radical (unpaired) electrons. The number of aryl methyl sites for hydroxylation is 1. The summed E-state index contributed by atoms with van der Waals surface area (Å²) in [5.41, 5.74) is 2.57. The molecule has 0 amide bonds. The molecule has 1 unspecified atom stereocenters. The molecular formula is C22H34N6. The van der Waals surface area contributed by atoms with Gasteiger partial charge in [0, 0.05) is 32.2 Å². The zero-order chi connectivity index (χ0) is 19.5. The van der Waals surface area contributed by atoms with Gasteiger partial charge in [0.1, 0.15) is 0 Å². The summed E-state index contributed by atoms with van der Waals surface area (Å²) in [4.78, 5) is 5.31. The fraction of sp³-hybridized carbons (Fsp3) is 0.682. The van der Waals surface area contributed by atoms with Gasteiger partial charge in [-0.2, -0.15) is 0 Å². The Hall–Kier alpha value is -1.79. The highest BCUT2D eigenvalue weighted by atomic mass is 15.6. The lowest BCUT2D eigenvalue weighted by atomic mass is 9.93. The topological polar surface area (TPSA) is 50.1 Å². The normalized spacial score (nSPS) is 21.3. The van der Waals surface area contributed by atoms with Crippen molar-refractivity contribution < 1.29 is 0 Å². The van der Waals surface area contributed by atoms with Crippen molar-refractivity contribution in [1.82, 2.24) is 30.0 Å². The maximum Gasteiger partial charge on any atom is 0.173 e. The summed E-state index contributed by atoms with van der Waals surface area (Å²) in [7, 11) is 0. The van der Waals surface area contributed by atoms with Crippen LogP contribution in [0.3, 0.4) is 0 Å². The Labute approximate surface area is 168 Å². The lowest BCUT2D eigenvalue weighted by Crippen LogP contribution is -2.52. The number of tetrazole rings is 1.